The lowest BCUT2D eigenvalue weighted by Gasteiger charge is -2.21. The van der Waals surface area contributed by atoms with Crippen LogP contribution in [0.4, 0.5) is 13.2 Å². The van der Waals surface area contributed by atoms with Gasteiger partial charge in [-0.3, -0.25) is 18.5 Å². The molecule has 2 heterocycles. The van der Waals surface area contributed by atoms with Crippen LogP contribution in [0.1, 0.15) is 41.4 Å². The number of aromatic nitrogens is 3. The fourth-order valence-electron chi connectivity index (χ4n) is 3.95. The van der Waals surface area contributed by atoms with E-state index in [1.807, 2.05) is 0 Å². The number of aryl methyl sites for hydroxylation is 1. The first-order chi connectivity index (χ1) is 17.4. The van der Waals surface area contributed by atoms with Crippen molar-refractivity contribution in [1.82, 2.24) is 13.7 Å². The molecule has 0 aliphatic heterocycles. The molecule has 9 nitrogen and oxygen atoms in total. The summed E-state index contributed by atoms with van der Waals surface area (Å²) in [6, 6.07) is 6.11. The van der Waals surface area contributed by atoms with Gasteiger partial charge in [0.25, 0.3) is 5.56 Å². The molecule has 0 aliphatic rings. The maximum atomic E-state index is 13.5. The van der Waals surface area contributed by atoms with Gasteiger partial charge in [-0.1, -0.05) is 23.7 Å². The summed E-state index contributed by atoms with van der Waals surface area (Å²) in [5.74, 6) is -1.69. The highest BCUT2D eigenvalue weighted by molar-refractivity contribution is 6.32. The Morgan fingerprint density at radius 3 is 2.51 bits per heavy atom. The zero-order valence-electron chi connectivity index (χ0n) is 19.6. The van der Waals surface area contributed by atoms with Crippen molar-refractivity contribution in [3.05, 3.63) is 95.7 Å². The third-order valence-corrected chi connectivity index (χ3v) is 6.26. The van der Waals surface area contributed by atoms with E-state index in [4.69, 9.17) is 20.8 Å². The summed E-state index contributed by atoms with van der Waals surface area (Å²) in [6.45, 7) is 2.75. The van der Waals surface area contributed by atoms with Gasteiger partial charge < -0.3 is 9.15 Å². The molecule has 37 heavy (non-hydrogen) atoms. The first-order valence-corrected chi connectivity index (χ1v) is 11.3. The largest absolute Gasteiger partial charge is 0.462 e. The van der Waals surface area contributed by atoms with E-state index < -0.39 is 51.3 Å². The molecule has 0 saturated heterocycles. The molecule has 1 unspecified atom stereocenters. The lowest BCUT2D eigenvalue weighted by Crippen LogP contribution is -2.44. The monoisotopic (exact) mass is 537 g/mol. The van der Waals surface area contributed by atoms with Crippen molar-refractivity contribution in [2.75, 3.05) is 6.61 Å². The Morgan fingerprint density at radius 2 is 1.86 bits per heavy atom. The van der Waals surface area contributed by atoms with Gasteiger partial charge in [0.05, 0.1) is 34.4 Å². The van der Waals surface area contributed by atoms with Crippen molar-refractivity contribution in [1.29, 1.82) is 0 Å². The average molecular weight is 538 g/mol. The lowest BCUT2D eigenvalue weighted by atomic mass is 10.0. The molecule has 2 aromatic heterocycles. The van der Waals surface area contributed by atoms with Crippen molar-refractivity contribution in [3.63, 3.8) is 0 Å². The number of esters is 1. The molecule has 0 saturated carbocycles. The molecule has 0 fully saturated rings. The van der Waals surface area contributed by atoms with Gasteiger partial charge in [-0.05, 0) is 37.6 Å². The van der Waals surface area contributed by atoms with Crippen molar-refractivity contribution in [3.8, 4) is 5.69 Å². The number of fused-ring (bicyclic) bond motifs is 1. The van der Waals surface area contributed by atoms with Gasteiger partial charge >= 0.3 is 23.6 Å². The van der Waals surface area contributed by atoms with E-state index in [9.17, 15) is 32.3 Å². The van der Waals surface area contributed by atoms with E-state index in [1.165, 1.54) is 49.7 Å². The summed E-state index contributed by atoms with van der Waals surface area (Å²) in [5.41, 5.74) is -3.22. The molecule has 194 valence electrons. The Labute approximate surface area is 210 Å². The van der Waals surface area contributed by atoms with Crippen LogP contribution < -0.4 is 17.0 Å². The number of oxazole rings is 1. The Morgan fingerprint density at radius 1 is 1.16 bits per heavy atom. The van der Waals surface area contributed by atoms with Gasteiger partial charge in [0.1, 0.15) is 5.56 Å². The maximum Gasteiger partial charge on any atom is 0.419 e. The average Bonchev–Trinajstić information content (AvgIpc) is 3.11. The standard InChI is InChI=1S/C24H19ClF3N3O6/c1-4-36-21(33)15-11-30(13-8-9-17-18(10-13)37-23(35)29(17)3)22(34)31(20(15)32)12(2)14-6-5-7-16(19(14)25)24(26,27)28/h5-12H,4H2,1-3H3. The summed E-state index contributed by atoms with van der Waals surface area (Å²) in [5, 5.41) is -0.686. The molecule has 2 aromatic carbocycles. The summed E-state index contributed by atoms with van der Waals surface area (Å²) in [4.78, 5) is 51.3. The van der Waals surface area contributed by atoms with Crippen molar-refractivity contribution in [2.45, 2.75) is 26.1 Å². The minimum Gasteiger partial charge on any atom is -0.462 e. The van der Waals surface area contributed by atoms with Crippen LogP contribution in [-0.2, 0) is 18.0 Å². The highest BCUT2D eigenvalue weighted by Gasteiger charge is 2.35. The molecule has 4 rings (SSSR count). The van der Waals surface area contributed by atoms with E-state index in [2.05, 4.69) is 0 Å². The van der Waals surface area contributed by atoms with Crippen molar-refractivity contribution >= 4 is 28.7 Å². The number of alkyl halides is 3. The molecule has 0 bridgehead atoms. The van der Waals surface area contributed by atoms with Crippen molar-refractivity contribution in [2.24, 2.45) is 7.05 Å². The summed E-state index contributed by atoms with van der Waals surface area (Å²) in [6.07, 6.45) is -3.80. The predicted octanol–water partition coefficient (Wildman–Crippen LogP) is 3.90. The van der Waals surface area contributed by atoms with Gasteiger partial charge in [-0.2, -0.15) is 13.2 Å². The summed E-state index contributed by atoms with van der Waals surface area (Å²) < 4.78 is 53.2. The van der Waals surface area contributed by atoms with Gasteiger partial charge in [0, 0.05) is 19.3 Å². The van der Waals surface area contributed by atoms with E-state index in [0.29, 0.717) is 10.1 Å². The Kier molecular flexibility index (Phi) is 6.63. The predicted molar refractivity (Wildman–Crippen MR) is 128 cm³/mol. The SMILES string of the molecule is CCOC(=O)c1cn(-c2ccc3c(c2)oc(=O)n3C)c(=O)n(C(C)c2cccc(C(F)(F)F)c2Cl)c1=O. The smallest absolute Gasteiger partial charge is 0.419 e. The van der Waals surface area contributed by atoms with Gasteiger partial charge in [0.15, 0.2) is 5.58 Å². The quantitative estimate of drug-likeness (QED) is 0.358. The minimum absolute atomic E-state index is 0.0759. The molecule has 0 spiro atoms. The normalized spacial score (nSPS) is 12.6. The number of halogens is 4. The number of carbonyl (C=O) groups is 1. The first-order valence-electron chi connectivity index (χ1n) is 10.9. The minimum atomic E-state index is -4.78. The van der Waals surface area contributed by atoms with Crippen LogP contribution in [-0.4, -0.2) is 26.3 Å². The summed E-state index contributed by atoms with van der Waals surface area (Å²) >= 11 is 6.05. The fraction of sp³-hybridized carbons (Fsp3) is 0.250. The molecular formula is C24H19ClF3N3O6. The van der Waals surface area contributed by atoms with E-state index >= 15 is 0 Å². The molecule has 0 aliphatic carbocycles. The number of rotatable bonds is 5. The van der Waals surface area contributed by atoms with Crippen LogP contribution in [0.2, 0.25) is 5.02 Å². The molecule has 4 aromatic rings. The van der Waals surface area contributed by atoms with Gasteiger partial charge in [-0.15, -0.1) is 0 Å². The second kappa shape index (κ2) is 9.43. The van der Waals surface area contributed by atoms with Crippen LogP contribution in [0.15, 0.2) is 61.4 Å². The number of ether oxygens (including phenoxy) is 1. The summed E-state index contributed by atoms with van der Waals surface area (Å²) in [7, 11) is 1.49. The molecule has 1 atom stereocenters. The van der Waals surface area contributed by atoms with Crippen LogP contribution in [0.5, 0.6) is 0 Å². The fourth-order valence-corrected chi connectivity index (χ4v) is 4.34. The van der Waals surface area contributed by atoms with Crippen LogP contribution in [0.3, 0.4) is 0 Å². The van der Waals surface area contributed by atoms with Crippen molar-refractivity contribution < 1.29 is 27.1 Å². The number of carbonyl (C=O) groups excluding carboxylic acids is 1. The van der Waals surface area contributed by atoms with Gasteiger partial charge in [-0.25, -0.2) is 14.4 Å². The third kappa shape index (κ3) is 4.48. The third-order valence-electron chi connectivity index (χ3n) is 5.84. The first kappa shape index (κ1) is 26.0. The molecule has 13 heteroatoms. The van der Waals surface area contributed by atoms with Crippen LogP contribution >= 0.6 is 11.6 Å². The number of nitrogens with zero attached hydrogens (tertiary/aromatic N) is 3. The van der Waals surface area contributed by atoms with Gasteiger partial charge in [0.2, 0.25) is 0 Å². The van der Waals surface area contributed by atoms with E-state index in [1.54, 1.807) is 0 Å². The Bertz CT molecular complexity index is 1710. The topological polar surface area (TPSA) is 105 Å². The van der Waals surface area contributed by atoms with E-state index in [0.717, 1.165) is 22.9 Å². The number of hydrogen-bond donors (Lipinski definition) is 0. The number of benzene rings is 2. The highest BCUT2D eigenvalue weighted by atomic mass is 35.5. The second-order valence-corrected chi connectivity index (χ2v) is 8.43. The Hall–Kier alpha value is -4.06. The Balaban J connectivity index is 2.00. The number of hydrogen-bond acceptors (Lipinski definition) is 6. The van der Waals surface area contributed by atoms with E-state index in [-0.39, 0.29) is 23.4 Å². The second-order valence-electron chi connectivity index (χ2n) is 8.05. The highest BCUT2D eigenvalue weighted by Crippen LogP contribution is 2.38. The molecule has 0 radical (unpaired) electrons. The molecule has 0 amide bonds. The lowest BCUT2D eigenvalue weighted by molar-refractivity contribution is -0.137. The zero-order valence-corrected chi connectivity index (χ0v) is 20.4. The van der Waals surface area contributed by atoms with Crippen LogP contribution in [0, 0.1) is 0 Å². The molecular weight excluding hydrogens is 519 g/mol. The maximum absolute atomic E-state index is 13.5. The van der Waals surface area contributed by atoms with Crippen LogP contribution in [0.25, 0.3) is 16.8 Å². The zero-order chi connectivity index (χ0) is 27.2. The molecule has 0 N–H and O–H groups in total.